The van der Waals surface area contributed by atoms with Crippen molar-refractivity contribution in [3.63, 3.8) is 0 Å². The van der Waals surface area contributed by atoms with E-state index in [-0.39, 0.29) is 12.5 Å². The molecule has 0 radical (unpaired) electrons. The molecule has 160 valence electrons. The highest BCUT2D eigenvalue weighted by Crippen LogP contribution is 2.17. The molecule has 1 amide bonds. The molecule has 0 aliphatic rings. The molecule has 26 heavy (non-hydrogen) atoms. The van der Waals surface area contributed by atoms with Crippen LogP contribution in [0.3, 0.4) is 0 Å². The highest BCUT2D eigenvalue weighted by atomic mass is 19.1. The average molecular weight is 382 g/mol. The van der Waals surface area contributed by atoms with Crippen molar-refractivity contribution >= 4 is 5.91 Å². The van der Waals surface area contributed by atoms with Crippen LogP contribution in [0.15, 0.2) is 0 Å². The van der Waals surface area contributed by atoms with Crippen molar-refractivity contribution in [1.29, 1.82) is 0 Å². The summed E-state index contributed by atoms with van der Waals surface area (Å²) < 4.78 is 24.9. The van der Waals surface area contributed by atoms with Gasteiger partial charge in [0.25, 0.3) is 0 Å². The van der Waals surface area contributed by atoms with Gasteiger partial charge >= 0.3 is 0 Å². The second kappa shape index (κ2) is 22.3. The number of carbonyl (C=O) groups is 1. The van der Waals surface area contributed by atoms with Gasteiger partial charge in [-0.05, 0) is 20.4 Å². The first-order chi connectivity index (χ1) is 12.4. The molecule has 6 nitrogen and oxygen atoms in total. The number of likely N-dealkylation sites (N-methyl/N-ethyl adjacent to an activating group) is 1. The first-order valence-electron chi connectivity index (χ1n) is 9.91. The third-order valence-corrected chi connectivity index (χ3v) is 3.13. The van der Waals surface area contributed by atoms with Gasteiger partial charge in [0.1, 0.15) is 6.17 Å². The van der Waals surface area contributed by atoms with Crippen LogP contribution in [0.4, 0.5) is 4.39 Å². The van der Waals surface area contributed by atoms with E-state index in [2.05, 4.69) is 22.9 Å². The molecular weight excluding hydrogens is 337 g/mol. The van der Waals surface area contributed by atoms with Crippen molar-refractivity contribution < 1.29 is 18.7 Å². The molecule has 0 aliphatic carbocycles. The van der Waals surface area contributed by atoms with E-state index >= 15 is 0 Å². The summed E-state index contributed by atoms with van der Waals surface area (Å²) in [5, 5.41) is 8.81. The van der Waals surface area contributed by atoms with Crippen LogP contribution in [0.1, 0.15) is 55.4 Å². The number of amides is 1. The Labute approximate surface area is 161 Å². The van der Waals surface area contributed by atoms with Crippen LogP contribution in [0.5, 0.6) is 0 Å². The Hall–Kier alpha value is -0.760. The Bertz CT molecular complexity index is 293. The Morgan fingerprint density at radius 3 is 2.00 bits per heavy atom. The fraction of sp³-hybridized carbons (Fsp3) is 0.947. The first kappa shape index (κ1) is 30.0. The molecule has 0 fully saturated rings. The smallest absolute Gasteiger partial charge is 0.216 e. The van der Waals surface area contributed by atoms with Gasteiger partial charge in [-0.1, -0.05) is 34.6 Å². The van der Waals surface area contributed by atoms with E-state index in [0.29, 0.717) is 26.4 Å². The average Bonchev–Trinajstić information content (AvgIpc) is 2.64. The molecule has 3 N–H and O–H groups in total. The fourth-order valence-electron chi connectivity index (χ4n) is 1.65. The van der Waals surface area contributed by atoms with Crippen LogP contribution >= 0.6 is 0 Å². The van der Waals surface area contributed by atoms with E-state index in [1.165, 1.54) is 6.92 Å². The van der Waals surface area contributed by atoms with Crippen LogP contribution in [0.25, 0.3) is 0 Å². The zero-order valence-corrected chi connectivity index (χ0v) is 18.3. The number of halogens is 1. The highest BCUT2D eigenvalue weighted by Gasteiger charge is 2.30. The second-order valence-corrected chi connectivity index (χ2v) is 5.57. The lowest BCUT2D eigenvalue weighted by Gasteiger charge is -2.29. The van der Waals surface area contributed by atoms with Crippen LogP contribution in [0.2, 0.25) is 0 Å². The molecule has 7 heteroatoms. The monoisotopic (exact) mass is 381 g/mol. The Balaban J connectivity index is -0.00000123. The van der Waals surface area contributed by atoms with E-state index in [1.807, 2.05) is 27.7 Å². The normalized spacial score (nSPS) is 11.6. The Morgan fingerprint density at radius 1 is 1.00 bits per heavy atom. The number of nitrogens with one attached hydrogen (secondary N) is 3. The lowest BCUT2D eigenvalue weighted by molar-refractivity contribution is -0.120. The van der Waals surface area contributed by atoms with Gasteiger partial charge in [-0.3, -0.25) is 4.79 Å². The molecule has 0 aromatic heterocycles. The maximum Gasteiger partial charge on any atom is 0.216 e. The van der Waals surface area contributed by atoms with Gasteiger partial charge in [0.2, 0.25) is 5.91 Å². The molecule has 0 rings (SSSR count). The molecule has 0 heterocycles. The van der Waals surface area contributed by atoms with Gasteiger partial charge in [-0.15, -0.1) is 0 Å². The minimum atomic E-state index is -1.24. The summed E-state index contributed by atoms with van der Waals surface area (Å²) in [6.45, 7) is 19.7. The maximum atomic E-state index is 13.9. The highest BCUT2D eigenvalue weighted by molar-refractivity contribution is 5.72. The topological polar surface area (TPSA) is 71.6 Å². The van der Waals surface area contributed by atoms with Crippen molar-refractivity contribution in [2.24, 2.45) is 0 Å². The quantitative estimate of drug-likeness (QED) is 0.403. The summed E-state index contributed by atoms with van der Waals surface area (Å²) >= 11 is 0. The van der Waals surface area contributed by atoms with E-state index in [9.17, 15) is 9.18 Å². The maximum absolute atomic E-state index is 13.9. The SMILES string of the molecule is CC.CC.CCNCCOCCNCCOC(C)(C)C(F)CNC(C)=O. The minimum Gasteiger partial charge on any atom is -0.379 e. The standard InChI is InChI=1S/C15H32FN3O3.2C2H6/c1-5-17-6-9-21-10-7-18-8-11-22-15(3,4)14(16)12-19-13(2)20;2*1-2/h14,17-18H,5-12H2,1-4H3,(H,19,20);2*1-2H3. The van der Waals surface area contributed by atoms with Crippen LogP contribution in [0, 0.1) is 0 Å². The zero-order valence-electron chi connectivity index (χ0n) is 18.3. The second-order valence-electron chi connectivity index (χ2n) is 5.57. The molecule has 1 unspecified atom stereocenters. The first-order valence-corrected chi connectivity index (χ1v) is 9.91. The molecule has 0 saturated carbocycles. The van der Waals surface area contributed by atoms with Gasteiger partial charge in [0, 0.05) is 26.6 Å². The number of ether oxygens (including phenoxy) is 2. The van der Waals surface area contributed by atoms with E-state index in [1.54, 1.807) is 13.8 Å². The number of carbonyl (C=O) groups excluding carboxylic acids is 1. The largest absolute Gasteiger partial charge is 0.379 e. The zero-order chi connectivity index (χ0) is 20.8. The summed E-state index contributed by atoms with van der Waals surface area (Å²) in [7, 11) is 0. The summed E-state index contributed by atoms with van der Waals surface area (Å²) in [6, 6.07) is 0. The van der Waals surface area contributed by atoms with Gasteiger partial charge in [-0.25, -0.2) is 4.39 Å². The molecule has 0 bridgehead atoms. The molecule has 0 aromatic rings. The molecule has 0 saturated heterocycles. The lowest BCUT2D eigenvalue weighted by atomic mass is 10.0. The van der Waals surface area contributed by atoms with Gasteiger partial charge in [-0.2, -0.15) is 0 Å². The predicted octanol–water partition coefficient (Wildman–Crippen LogP) is 2.52. The van der Waals surface area contributed by atoms with E-state index in [4.69, 9.17) is 9.47 Å². The van der Waals surface area contributed by atoms with Crippen molar-refractivity contribution in [1.82, 2.24) is 16.0 Å². The molecule has 0 spiro atoms. The van der Waals surface area contributed by atoms with Crippen LogP contribution in [-0.4, -0.2) is 70.2 Å². The van der Waals surface area contributed by atoms with E-state index < -0.39 is 11.8 Å². The molecule has 0 aromatic carbocycles. The van der Waals surface area contributed by atoms with Gasteiger partial charge < -0.3 is 25.4 Å². The van der Waals surface area contributed by atoms with Crippen molar-refractivity contribution in [2.75, 3.05) is 52.5 Å². The van der Waals surface area contributed by atoms with Crippen molar-refractivity contribution in [3.05, 3.63) is 0 Å². The molecule has 0 aliphatic heterocycles. The van der Waals surface area contributed by atoms with E-state index in [0.717, 1.165) is 19.6 Å². The molecule has 1 atom stereocenters. The summed E-state index contributed by atoms with van der Waals surface area (Å²) in [4.78, 5) is 10.8. The van der Waals surface area contributed by atoms with Crippen LogP contribution < -0.4 is 16.0 Å². The third kappa shape index (κ3) is 21.3. The van der Waals surface area contributed by atoms with Gasteiger partial charge in [0.05, 0.1) is 32.0 Å². The third-order valence-electron chi connectivity index (χ3n) is 3.13. The number of rotatable bonds is 14. The molecular formula is C19H44FN3O3. The summed E-state index contributed by atoms with van der Waals surface area (Å²) in [5.74, 6) is -0.241. The summed E-state index contributed by atoms with van der Waals surface area (Å²) in [5.41, 5.74) is -0.924. The van der Waals surface area contributed by atoms with Crippen molar-refractivity contribution in [2.45, 2.75) is 67.2 Å². The van der Waals surface area contributed by atoms with Crippen molar-refractivity contribution in [3.8, 4) is 0 Å². The lowest BCUT2D eigenvalue weighted by Crippen LogP contribution is -2.44. The number of hydrogen-bond acceptors (Lipinski definition) is 5. The predicted molar refractivity (Wildman–Crippen MR) is 109 cm³/mol. The number of alkyl halides is 1. The van der Waals surface area contributed by atoms with Gasteiger partial charge in [0.15, 0.2) is 0 Å². The fourth-order valence-corrected chi connectivity index (χ4v) is 1.65. The number of hydrogen-bond donors (Lipinski definition) is 3. The Morgan fingerprint density at radius 2 is 1.50 bits per heavy atom. The Kier molecular flexibility index (Phi) is 25.7. The minimum absolute atomic E-state index is 0.0323. The van der Waals surface area contributed by atoms with Crippen LogP contribution in [-0.2, 0) is 14.3 Å². The summed E-state index contributed by atoms with van der Waals surface area (Å²) in [6.07, 6.45) is -1.24.